The van der Waals surface area contributed by atoms with E-state index in [0.717, 1.165) is 4.47 Å². The minimum absolute atomic E-state index is 0.143. The molecule has 16 heavy (non-hydrogen) atoms. The van der Waals surface area contributed by atoms with E-state index in [2.05, 4.69) is 21.2 Å². The van der Waals surface area contributed by atoms with E-state index < -0.39 is 0 Å². The van der Waals surface area contributed by atoms with E-state index in [1.165, 1.54) is 0 Å². The van der Waals surface area contributed by atoms with Crippen molar-refractivity contribution in [1.82, 2.24) is 5.32 Å². The Labute approximate surface area is 103 Å². The Morgan fingerprint density at radius 2 is 1.94 bits per heavy atom. The monoisotopic (exact) mass is 278 g/mol. The molecule has 0 aliphatic heterocycles. The maximum Gasteiger partial charge on any atom is 0.205 e. The summed E-state index contributed by atoms with van der Waals surface area (Å²) in [6.45, 7) is 1.70. The van der Waals surface area contributed by atoms with Gasteiger partial charge in [-0.05, 0) is 31.2 Å². The topological polar surface area (TPSA) is 52.9 Å². The quantitative estimate of drug-likeness (QED) is 0.525. The van der Waals surface area contributed by atoms with Crippen LogP contribution in [-0.2, 0) is 0 Å². The summed E-state index contributed by atoms with van der Waals surface area (Å²) in [7, 11) is 1.68. The zero-order valence-electron chi connectivity index (χ0n) is 9.04. The standard InChI is InChI=1S/C12H11BrN2O/c1-8(15-2)11(7-14)12(16)9-3-5-10(13)6-4-9/h3-6,15H,1-2H3/b11-8-. The van der Waals surface area contributed by atoms with E-state index in [9.17, 15) is 4.79 Å². The van der Waals surface area contributed by atoms with Crippen molar-refractivity contribution in [3.05, 3.63) is 45.6 Å². The highest BCUT2D eigenvalue weighted by atomic mass is 79.9. The first-order chi connectivity index (χ1) is 7.60. The van der Waals surface area contributed by atoms with Crippen LogP contribution in [0.2, 0.25) is 0 Å². The first kappa shape index (κ1) is 12.5. The zero-order chi connectivity index (χ0) is 12.1. The van der Waals surface area contributed by atoms with Crippen molar-refractivity contribution in [2.75, 3.05) is 7.05 Å². The number of benzene rings is 1. The first-order valence-corrected chi connectivity index (χ1v) is 5.48. The number of halogens is 1. The van der Waals surface area contributed by atoms with Crippen LogP contribution in [0.5, 0.6) is 0 Å². The molecule has 0 aliphatic carbocycles. The van der Waals surface area contributed by atoms with Gasteiger partial charge >= 0.3 is 0 Å². The van der Waals surface area contributed by atoms with Crippen LogP contribution in [0.3, 0.4) is 0 Å². The summed E-state index contributed by atoms with van der Waals surface area (Å²) >= 11 is 3.29. The molecule has 1 aromatic carbocycles. The summed E-state index contributed by atoms with van der Waals surface area (Å²) in [4.78, 5) is 12.0. The lowest BCUT2D eigenvalue weighted by Crippen LogP contribution is -2.11. The second-order valence-corrected chi connectivity index (χ2v) is 4.11. The molecule has 0 fully saturated rings. The Balaban J connectivity index is 3.12. The molecule has 0 amide bonds. The number of hydrogen-bond donors (Lipinski definition) is 1. The lowest BCUT2D eigenvalue weighted by molar-refractivity contribution is 0.103. The van der Waals surface area contributed by atoms with Gasteiger partial charge in [0, 0.05) is 22.8 Å². The molecule has 0 heterocycles. The summed E-state index contributed by atoms with van der Waals surface area (Å²) in [5.74, 6) is -0.262. The van der Waals surface area contributed by atoms with E-state index in [1.807, 2.05) is 6.07 Å². The van der Waals surface area contributed by atoms with Gasteiger partial charge in [-0.1, -0.05) is 15.9 Å². The molecule has 0 atom stereocenters. The molecule has 0 unspecified atom stereocenters. The molecule has 1 rings (SSSR count). The van der Waals surface area contributed by atoms with E-state index in [-0.39, 0.29) is 11.4 Å². The number of nitrogens with one attached hydrogen (secondary N) is 1. The van der Waals surface area contributed by atoms with E-state index >= 15 is 0 Å². The number of ketones is 1. The summed E-state index contributed by atoms with van der Waals surface area (Å²) in [5.41, 5.74) is 1.23. The number of hydrogen-bond acceptors (Lipinski definition) is 3. The summed E-state index contributed by atoms with van der Waals surface area (Å²) < 4.78 is 0.900. The highest BCUT2D eigenvalue weighted by Crippen LogP contribution is 2.14. The number of carbonyl (C=O) groups is 1. The van der Waals surface area contributed by atoms with Gasteiger partial charge < -0.3 is 5.32 Å². The fourth-order valence-corrected chi connectivity index (χ4v) is 1.44. The van der Waals surface area contributed by atoms with Gasteiger partial charge in [0.25, 0.3) is 0 Å². The van der Waals surface area contributed by atoms with Crippen molar-refractivity contribution in [3.8, 4) is 6.07 Å². The van der Waals surface area contributed by atoms with Crippen LogP contribution >= 0.6 is 15.9 Å². The minimum atomic E-state index is -0.262. The zero-order valence-corrected chi connectivity index (χ0v) is 10.6. The number of nitriles is 1. The lowest BCUT2D eigenvalue weighted by atomic mass is 10.0. The molecule has 0 saturated heterocycles. The van der Waals surface area contributed by atoms with Gasteiger partial charge in [0.05, 0.1) is 0 Å². The van der Waals surface area contributed by atoms with Crippen LogP contribution in [0.15, 0.2) is 40.0 Å². The SMILES string of the molecule is CN/C(C)=C(/C#N)C(=O)c1ccc(Br)cc1. The molecule has 0 aliphatic rings. The van der Waals surface area contributed by atoms with E-state index in [0.29, 0.717) is 11.3 Å². The second-order valence-electron chi connectivity index (χ2n) is 3.20. The van der Waals surface area contributed by atoms with E-state index in [4.69, 9.17) is 5.26 Å². The molecule has 3 nitrogen and oxygen atoms in total. The number of allylic oxidation sites excluding steroid dienone is 2. The maximum absolute atomic E-state index is 12.0. The van der Waals surface area contributed by atoms with Crippen molar-refractivity contribution in [1.29, 1.82) is 5.26 Å². The molecule has 0 aromatic heterocycles. The fraction of sp³-hybridized carbons (Fsp3) is 0.167. The third kappa shape index (κ3) is 2.71. The molecule has 1 aromatic rings. The highest BCUT2D eigenvalue weighted by molar-refractivity contribution is 9.10. The van der Waals surface area contributed by atoms with Gasteiger partial charge in [0.1, 0.15) is 11.6 Å². The molecule has 1 N–H and O–H groups in total. The molecule has 0 saturated carbocycles. The Kier molecular flexibility index (Phi) is 4.27. The number of rotatable bonds is 3. The van der Waals surface area contributed by atoms with Crippen molar-refractivity contribution < 1.29 is 4.79 Å². The van der Waals surface area contributed by atoms with Crippen LogP contribution in [0, 0.1) is 11.3 Å². The maximum atomic E-state index is 12.0. The summed E-state index contributed by atoms with van der Waals surface area (Å²) in [6.07, 6.45) is 0. The smallest absolute Gasteiger partial charge is 0.205 e. The molecule has 4 heteroatoms. The normalized spacial score (nSPS) is 11.4. The fourth-order valence-electron chi connectivity index (χ4n) is 1.18. The Hall–Kier alpha value is -1.60. The summed E-state index contributed by atoms with van der Waals surface area (Å²) in [5, 5.41) is 11.7. The van der Waals surface area contributed by atoms with E-state index in [1.54, 1.807) is 38.2 Å². The minimum Gasteiger partial charge on any atom is -0.390 e. The largest absolute Gasteiger partial charge is 0.390 e. The van der Waals surface area contributed by atoms with Crippen molar-refractivity contribution in [2.24, 2.45) is 0 Å². The molecule has 0 radical (unpaired) electrons. The van der Waals surface area contributed by atoms with Crippen LogP contribution in [-0.4, -0.2) is 12.8 Å². The third-order valence-electron chi connectivity index (χ3n) is 2.20. The number of Topliss-reactive ketones (excluding diaryl/α,β-unsaturated/α-hetero) is 1. The van der Waals surface area contributed by atoms with Crippen LogP contribution in [0.4, 0.5) is 0 Å². The lowest BCUT2D eigenvalue weighted by Gasteiger charge is -2.04. The van der Waals surface area contributed by atoms with Crippen molar-refractivity contribution in [2.45, 2.75) is 6.92 Å². The first-order valence-electron chi connectivity index (χ1n) is 4.69. The Morgan fingerprint density at radius 3 is 2.38 bits per heavy atom. The molecule has 0 bridgehead atoms. The molecular formula is C12H11BrN2O. The van der Waals surface area contributed by atoms with Crippen molar-refractivity contribution >= 4 is 21.7 Å². The highest BCUT2D eigenvalue weighted by Gasteiger charge is 2.14. The molecule has 0 spiro atoms. The van der Waals surface area contributed by atoms with Gasteiger partial charge in [-0.2, -0.15) is 5.26 Å². The Morgan fingerprint density at radius 1 is 1.38 bits per heavy atom. The second kappa shape index (κ2) is 5.47. The number of carbonyl (C=O) groups excluding carboxylic acids is 1. The van der Waals surface area contributed by atoms with Gasteiger partial charge in [-0.3, -0.25) is 4.79 Å². The van der Waals surface area contributed by atoms with Gasteiger partial charge in [-0.15, -0.1) is 0 Å². The Bertz CT molecular complexity index is 469. The molecular weight excluding hydrogens is 268 g/mol. The predicted octanol–water partition coefficient (Wildman–Crippen LogP) is 2.65. The molecule has 82 valence electrons. The van der Waals surface area contributed by atoms with Gasteiger partial charge in [-0.25, -0.2) is 0 Å². The van der Waals surface area contributed by atoms with Crippen molar-refractivity contribution in [3.63, 3.8) is 0 Å². The van der Waals surface area contributed by atoms with Gasteiger partial charge in [0.2, 0.25) is 5.78 Å². The third-order valence-corrected chi connectivity index (χ3v) is 2.72. The van der Waals surface area contributed by atoms with Crippen LogP contribution < -0.4 is 5.32 Å². The van der Waals surface area contributed by atoms with Gasteiger partial charge in [0.15, 0.2) is 0 Å². The summed E-state index contributed by atoms with van der Waals surface area (Å²) in [6, 6.07) is 8.85. The van der Waals surface area contributed by atoms with Crippen LogP contribution in [0.1, 0.15) is 17.3 Å². The average Bonchev–Trinajstić information content (AvgIpc) is 2.30. The average molecular weight is 279 g/mol. The predicted molar refractivity (Wildman–Crippen MR) is 65.8 cm³/mol. The number of nitrogens with zero attached hydrogens (tertiary/aromatic N) is 1. The van der Waals surface area contributed by atoms with Crippen LogP contribution in [0.25, 0.3) is 0 Å².